The fourth-order valence-electron chi connectivity index (χ4n) is 2.36. The minimum Gasteiger partial charge on any atom is -0.381 e. The monoisotopic (exact) mass is 310 g/mol. The van der Waals surface area contributed by atoms with Crippen LogP contribution in [0.3, 0.4) is 0 Å². The molecule has 3 heterocycles. The summed E-state index contributed by atoms with van der Waals surface area (Å²) < 4.78 is 8.44. The van der Waals surface area contributed by atoms with Crippen molar-refractivity contribution in [2.75, 3.05) is 25.1 Å². The quantitative estimate of drug-likeness (QED) is 0.852. The fraction of sp³-hybridized carbons (Fsp3) is 0.500. The lowest BCUT2D eigenvalue weighted by molar-refractivity contribution is 0.0816. The molecule has 0 radical (unpaired) electrons. The number of methoxy groups -OCH3 is 1. The van der Waals surface area contributed by atoms with Crippen LogP contribution in [0, 0.1) is 0 Å². The topological polar surface area (TPSA) is 42.7 Å². The van der Waals surface area contributed by atoms with Gasteiger partial charge in [0, 0.05) is 30.9 Å². The Bertz CT molecular complexity index is 548. The van der Waals surface area contributed by atoms with Crippen LogP contribution in [0.25, 0.3) is 5.65 Å². The van der Waals surface area contributed by atoms with Gasteiger partial charge in [0.1, 0.15) is 0 Å². The molecule has 96 valence electrons. The van der Waals surface area contributed by atoms with E-state index in [1.54, 1.807) is 7.11 Å². The van der Waals surface area contributed by atoms with Crippen LogP contribution in [-0.4, -0.2) is 40.9 Å². The van der Waals surface area contributed by atoms with Crippen molar-refractivity contribution in [2.24, 2.45) is 0 Å². The Morgan fingerprint density at radius 1 is 1.28 bits per heavy atom. The summed E-state index contributed by atoms with van der Waals surface area (Å²) >= 11 is 3.48. The van der Waals surface area contributed by atoms with E-state index in [9.17, 15) is 0 Å². The Hall–Kier alpha value is -1.14. The molecule has 1 aliphatic rings. The van der Waals surface area contributed by atoms with Crippen LogP contribution in [0.2, 0.25) is 0 Å². The van der Waals surface area contributed by atoms with Gasteiger partial charge in [-0.05, 0) is 40.9 Å². The molecule has 1 aliphatic heterocycles. The number of hydrogen-bond donors (Lipinski definition) is 0. The van der Waals surface area contributed by atoms with Crippen LogP contribution in [-0.2, 0) is 4.74 Å². The molecule has 0 N–H and O–H groups in total. The van der Waals surface area contributed by atoms with E-state index in [4.69, 9.17) is 4.74 Å². The third-order valence-corrected chi connectivity index (χ3v) is 3.88. The molecule has 0 saturated carbocycles. The van der Waals surface area contributed by atoms with Gasteiger partial charge < -0.3 is 9.64 Å². The van der Waals surface area contributed by atoms with E-state index in [1.165, 1.54) is 0 Å². The van der Waals surface area contributed by atoms with Crippen molar-refractivity contribution in [2.45, 2.75) is 18.9 Å². The molecule has 18 heavy (non-hydrogen) atoms. The van der Waals surface area contributed by atoms with E-state index >= 15 is 0 Å². The average molecular weight is 311 g/mol. The van der Waals surface area contributed by atoms with E-state index in [0.29, 0.717) is 6.10 Å². The van der Waals surface area contributed by atoms with Gasteiger partial charge in [-0.15, -0.1) is 10.2 Å². The first-order chi connectivity index (χ1) is 8.78. The lowest BCUT2D eigenvalue weighted by Gasteiger charge is -2.31. The molecule has 0 amide bonds. The van der Waals surface area contributed by atoms with Gasteiger partial charge in [0.2, 0.25) is 5.95 Å². The molecule has 2 aromatic rings. The molecule has 5 nitrogen and oxygen atoms in total. The molecule has 0 bridgehead atoms. The highest BCUT2D eigenvalue weighted by Gasteiger charge is 2.22. The van der Waals surface area contributed by atoms with Gasteiger partial charge in [-0.3, -0.25) is 4.40 Å². The van der Waals surface area contributed by atoms with Crippen LogP contribution in [0.15, 0.2) is 22.8 Å². The summed E-state index contributed by atoms with van der Waals surface area (Å²) in [6, 6.07) is 3.94. The standard InChI is InChI=1S/C12H15BrN4O/c1-18-10-4-6-16(7-5-10)12-15-14-11-3-2-9(13)8-17(11)12/h2-3,8,10H,4-7H2,1H3. The molecule has 1 saturated heterocycles. The van der Waals surface area contributed by atoms with Crippen LogP contribution < -0.4 is 4.90 Å². The van der Waals surface area contributed by atoms with Crippen LogP contribution in [0.4, 0.5) is 5.95 Å². The SMILES string of the molecule is COC1CCN(c2nnc3ccc(Br)cn23)CC1. The highest BCUT2D eigenvalue weighted by molar-refractivity contribution is 9.10. The van der Waals surface area contributed by atoms with Gasteiger partial charge in [0.25, 0.3) is 0 Å². The Morgan fingerprint density at radius 3 is 2.78 bits per heavy atom. The molecule has 0 aromatic carbocycles. The van der Waals surface area contributed by atoms with Crippen LogP contribution >= 0.6 is 15.9 Å². The maximum atomic E-state index is 5.39. The number of pyridine rings is 1. The zero-order valence-corrected chi connectivity index (χ0v) is 11.8. The number of anilines is 1. The molecule has 0 unspecified atom stereocenters. The summed E-state index contributed by atoms with van der Waals surface area (Å²) in [5.41, 5.74) is 0.877. The van der Waals surface area contributed by atoms with Crippen molar-refractivity contribution in [1.29, 1.82) is 0 Å². The third-order valence-electron chi connectivity index (χ3n) is 3.41. The number of halogens is 1. The van der Waals surface area contributed by atoms with E-state index < -0.39 is 0 Å². The van der Waals surface area contributed by atoms with Crippen molar-refractivity contribution < 1.29 is 4.74 Å². The molecular weight excluding hydrogens is 296 g/mol. The van der Waals surface area contributed by atoms with Crippen molar-refractivity contribution >= 4 is 27.5 Å². The van der Waals surface area contributed by atoms with Gasteiger partial charge in [0.05, 0.1) is 6.10 Å². The van der Waals surface area contributed by atoms with Crippen molar-refractivity contribution in [3.63, 3.8) is 0 Å². The summed E-state index contributed by atoms with van der Waals surface area (Å²) in [7, 11) is 1.78. The zero-order valence-electron chi connectivity index (χ0n) is 10.2. The number of piperidine rings is 1. The van der Waals surface area contributed by atoms with Crippen molar-refractivity contribution in [1.82, 2.24) is 14.6 Å². The lowest BCUT2D eigenvalue weighted by Crippen LogP contribution is -2.37. The Balaban J connectivity index is 1.88. The Kier molecular flexibility index (Phi) is 3.22. The van der Waals surface area contributed by atoms with Gasteiger partial charge in [-0.2, -0.15) is 0 Å². The molecular formula is C12H15BrN4O. The minimum absolute atomic E-state index is 0.382. The number of nitrogens with zero attached hydrogens (tertiary/aromatic N) is 4. The van der Waals surface area contributed by atoms with E-state index in [-0.39, 0.29) is 0 Å². The Labute approximate surface area is 114 Å². The van der Waals surface area contributed by atoms with E-state index in [1.807, 2.05) is 22.7 Å². The minimum atomic E-state index is 0.382. The average Bonchev–Trinajstić information content (AvgIpc) is 2.82. The van der Waals surface area contributed by atoms with Crippen molar-refractivity contribution in [3.8, 4) is 0 Å². The fourth-order valence-corrected chi connectivity index (χ4v) is 2.70. The van der Waals surface area contributed by atoms with Crippen molar-refractivity contribution in [3.05, 3.63) is 22.8 Å². The molecule has 0 spiro atoms. The van der Waals surface area contributed by atoms with E-state index in [2.05, 4.69) is 31.0 Å². The van der Waals surface area contributed by atoms with Crippen LogP contribution in [0.5, 0.6) is 0 Å². The molecule has 0 atom stereocenters. The zero-order chi connectivity index (χ0) is 12.5. The van der Waals surface area contributed by atoms with Gasteiger partial charge in [0.15, 0.2) is 5.65 Å². The maximum absolute atomic E-state index is 5.39. The largest absolute Gasteiger partial charge is 0.381 e. The number of aromatic nitrogens is 3. The number of hydrogen-bond acceptors (Lipinski definition) is 4. The molecule has 2 aromatic heterocycles. The summed E-state index contributed by atoms with van der Waals surface area (Å²) in [4.78, 5) is 2.27. The summed E-state index contributed by atoms with van der Waals surface area (Å²) in [5.74, 6) is 0.917. The highest BCUT2D eigenvalue weighted by atomic mass is 79.9. The third kappa shape index (κ3) is 2.10. The van der Waals surface area contributed by atoms with Gasteiger partial charge in [-0.1, -0.05) is 0 Å². The second-order valence-corrected chi connectivity index (χ2v) is 5.41. The molecule has 0 aliphatic carbocycles. The number of ether oxygens (including phenoxy) is 1. The predicted molar refractivity (Wildman–Crippen MR) is 72.9 cm³/mol. The summed E-state index contributed by atoms with van der Waals surface area (Å²) in [5, 5.41) is 8.48. The second-order valence-electron chi connectivity index (χ2n) is 4.50. The Morgan fingerprint density at radius 2 is 2.06 bits per heavy atom. The maximum Gasteiger partial charge on any atom is 0.231 e. The first kappa shape index (κ1) is 11.9. The first-order valence-corrected chi connectivity index (χ1v) is 6.85. The van der Waals surface area contributed by atoms with Gasteiger partial charge in [-0.25, -0.2) is 0 Å². The summed E-state index contributed by atoms with van der Waals surface area (Å²) in [6.07, 6.45) is 4.47. The smallest absolute Gasteiger partial charge is 0.231 e. The van der Waals surface area contributed by atoms with E-state index in [0.717, 1.165) is 42.0 Å². The highest BCUT2D eigenvalue weighted by Crippen LogP contribution is 2.21. The second kappa shape index (κ2) is 4.85. The lowest BCUT2D eigenvalue weighted by atomic mass is 10.1. The van der Waals surface area contributed by atoms with Crippen LogP contribution in [0.1, 0.15) is 12.8 Å². The molecule has 6 heteroatoms. The molecule has 3 rings (SSSR count). The van der Waals surface area contributed by atoms with Gasteiger partial charge >= 0.3 is 0 Å². The molecule has 1 fully saturated rings. The number of fused-ring (bicyclic) bond motifs is 1. The number of rotatable bonds is 2. The normalized spacial score (nSPS) is 17.6. The first-order valence-electron chi connectivity index (χ1n) is 6.06. The summed E-state index contributed by atoms with van der Waals surface area (Å²) in [6.45, 7) is 1.93. The predicted octanol–water partition coefficient (Wildman–Crippen LogP) is 2.11.